The summed E-state index contributed by atoms with van der Waals surface area (Å²) in [5.41, 5.74) is 3.52. The molecular formula is C23H26N6O3. The molecule has 3 aliphatic heterocycles. The van der Waals surface area contributed by atoms with Crippen LogP contribution in [0.3, 0.4) is 0 Å². The van der Waals surface area contributed by atoms with Crippen molar-refractivity contribution >= 4 is 29.2 Å². The van der Waals surface area contributed by atoms with Gasteiger partial charge in [-0.3, -0.25) is 19.7 Å². The van der Waals surface area contributed by atoms with Gasteiger partial charge in [0.2, 0.25) is 11.8 Å². The number of nitrogens with zero attached hydrogens (tertiary/aromatic N) is 3. The van der Waals surface area contributed by atoms with Gasteiger partial charge in [-0.05, 0) is 35.7 Å². The normalized spacial score (nSPS) is 20.9. The number of pyridine rings is 1. The molecule has 1 atom stereocenters. The number of fused-ring (bicyclic) bond motifs is 1. The van der Waals surface area contributed by atoms with Gasteiger partial charge in [0, 0.05) is 51.3 Å². The van der Waals surface area contributed by atoms with Crippen LogP contribution in [0, 0.1) is 0 Å². The maximum atomic E-state index is 12.8. The van der Waals surface area contributed by atoms with E-state index in [1.54, 1.807) is 4.90 Å². The van der Waals surface area contributed by atoms with Gasteiger partial charge in [-0.25, -0.2) is 4.98 Å². The molecule has 3 amide bonds. The van der Waals surface area contributed by atoms with Crippen molar-refractivity contribution in [2.45, 2.75) is 32.0 Å². The van der Waals surface area contributed by atoms with Gasteiger partial charge in [-0.1, -0.05) is 12.1 Å². The Labute approximate surface area is 186 Å². The number of benzene rings is 1. The first-order chi connectivity index (χ1) is 15.6. The maximum absolute atomic E-state index is 12.8. The second kappa shape index (κ2) is 8.58. The van der Waals surface area contributed by atoms with Gasteiger partial charge in [0.15, 0.2) is 0 Å². The molecule has 2 fully saturated rings. The third-order valence-electron chi connectivity index (χ3n) is 6.27. The highest BCUT2D eigenvalue weighted by molar-refractivity contribution is 6.05. The molecule has 9 heteroatoms. The fourth-order valence-corrected chi connectivity index (χ4v) is 4.51. The van der Waals surface area contributed by atoms with E-state index in [9.17, 15) is 14.4 Å². The zero-order valence-corrected chi connectivity index (χ0v) is 17.8. The van der Waals surface area contributed by atoms with Crippen molar-refractivity contribution in [3.63, 3.8) is 0 Å². The summed E-state index contributed by atoms with van der Waals surface area (Å²) in [6, 6.07) is 9.24. The van der Waals surface area contributed by atoms with Crippen LogP contribution in [0.4, 0.5) is 11.5 Å². The van der Waals surface area contributed by atoms with E-state index in [1.165, 1.54) is 0 Å². The molecule has 2 saturated heterocycles. The molecule has 9 nitrogen and oxygen atoms in total. The average Bonchev–Trinajstić information content (AvgIpc) is 3.14. The van der Waals surface area contributed by atoms with E-state index in [1.807, 2.05) is 36.5 Å². The smallest absolute Gasteiger partial charge is 0.255 e. The number of hydrogen-bond donors (Lipinski definition) is 3. The molecule has 1 aromatic carbocycles. The van der Waals surface area contributed by atoms with Crippen molar-refractivity contribution in [3.05, 3.63) is 53.2 Å². The Balaban J connectivity index is 1.22. The van der Waals surface area contributed by atoms with Gasteiger partial charge in [0.1, 0.15) is 11.9 Å². The summed E-state index contributed by atoms with van der Waals surface area (Å²) >= 11 is 0. The first kappa shape index (κ1) is 20.4. The average molecular weight is 435 g/mol. The first-order valence-corrected chi connectivity index (χ1v) is 11.0. The number of carbonyl (C=O) groups is 3. The van der Waals surface area contributed by atoms with Crippen molar-refractivity contribution in [2.24, 2.45) is 0 Å². The molecule has 5 rings (SSSR count). The lowest BCUT2D eigenvalue weighted by molar-refractivity contribution is -0.136. The molecular weight excluding hydrogens is 408 g/mol. The van der Waals surface area contributed by atoms with Crippen LogP contribution in [-0.2, 0) is 22.7 Å². The van der Waals surface area contributed by atoms with E-state index in [2.05, 4.69) is 25.8 Å². The molecule has 0 radical (unpaired) electrons. The number of carbonyl (C=O) groups excluding carboxylic acids is 3. The van der Waals surface area contributed by atoms with Gasteiger partial charge >= 0.3 is 0 Å². The number of imide groups is 1. The van der Waals surface area contributed by atoms with E-state index in [0.717, 1.165) is 48.8 Å². The number of anilines is 2. The van der Waals surface area contributed by atoms with Crippen LogP contribution in [0.2, 0.25) is 0 Å². The monoisotopic (exact) mass is 434 g/mol. The van der Waals surface area contributed by atoms with E-state index in [4.69, 9.17) is 0 Å². The minimum absolute atomic E-state index is 0.151. The molecule has 4 heterocycles. The molecule has 0 saturated carbocycles. The number of hydrogen-bond acceptors (Lipinski definition) is 7. The fraction of sp³-hybridized carbons (Fsp3) is 0.391. The lowest BCUT2D eigenvalue weighted by Gasteiger charge is -2.29. The topological polar surface area (TPSA) is 107 Å². The molecule has 0 aliphatic carbocycles. The standard InChI is InChI=1S/C23H26N6O3/c30-21-6-4-19(22(31)27-21)29-14-16-11-15(1-3-18(16)23(29)32)12-25-17-2-5-20(26-13-17)28-9-7-24-8-10-28/h1-3,5,11,13,19,24-25H,4,6-10,12,14H2,(H,27,30,31). The molecule has 3 aliphatic rings. The van der Waals surface area contributed by atoms with Crippen LogP contribution in [0.15, 0.2) is 36.5 Å². The van der Waals surface area contributed by atoms with Crippen LogP contribution in [0.25, 0.3) is 0 Å². The van der Waals surface area contributed by atoms with Gasteiger partial charge in [0.25, 0.3) is 5.91 Å². The highest BCUT2D eigenvalue weighted by atomic mass is 16.2. The van der Waals surface area contributed by atoms with Gasteiger partial charge in [-0.2, -0.15) is 0 Å². The molecule has 3 N–H and O–H groups in total. The number of nitrogens with one attached hydrogen (secondary N) is 3. The molecule has 0 bridgehead atoms. The van der Waals surface area contributed by atoms with Crippen molar-refractivity contribution in [1.82, 2.24) is 20.5 Å². The molecule has 1 aromatic heterocycles. The SMILES string of the molecule is O=C1CCC(N2Cc3cc(CNc4ccc(N5CCNCC5)nc4)ccc3C2=O)C(=O)N1. The number of piperidine rings is 1. The largest absolute Gasteiger partial charge is 0.380 e. The molecule has 32 heavy (non-hydrogen) atoms. The lowest BCUT2D eigenvalue weighted by atomic mass is 10.0. The third kappa shape index (κ3) is 4.03. The summed E-state index contributed by atoms with van der Waals surface area (Å²) in [6.07, 6.45) is 2.47. The zero-order valence-electron chi connectivity index (χ0n) is 17.8. The minimum atomic E-state index is -0.588. The zero-order chi connectivity index (χ0) is 22.1. The van der Waals surface area contributed by atoms with Crippen LogP contribution >= 0.6 is 0 Å². The summed E-state index contributed by atoms with van der Waals surface area (Å²) in [5.74, 6) is 0.170. The van der Waals surface area contributed by atoms with Gasteiger partial charge in [-0.15, -0.1) is 0 Å². The van der Waals surface area contributed by atoms with Gasteiger partial charge in [0.05, 0.1) is 11.9 Å². The number of rotatable bonds is 5. The summed E-state index contributed by atoms with van der Waals surface area (Å²) in [4.78, 5) is 44.8. The second-order valence-electron chi connectivity index (χ2n) is 8.39. The summed E-state index contributed by atoms with van der Waals surface area (Å²) < 4.78 is 0. The number of aromatic nitrogens is 1. The molecule has 0 spiro atoms. The van der Waals surface area contributed by atoms with E-state index in [-0.39, 0.29) is 24.1 Å². The molecule has 1 unspecified atom stereocenters. The predicted molar refractivity (Wildman–Crippen MR) is 119 cm³/mol. The van der Waals surface area contributed by atoms with E-state index in [0.29, 0.717) is 25.1 Å². The van der Waals surface area contributed by atoms with Crippen molar-refractivity contribution in [2.75, 3.05) is 36.4 Å². The third-order valence-corrected chi connectivity index (χ3v) is 6.27. The maximum Gasteiger partial charge on any atom is 0.255 e. The van der Waals surface area contributed by atoms with Crippen LogP contribution in [0.5, 0.6) is 0 Å². The summed E-state index contributed by atoms with van der Waals surface area (Å²) in [5, 5.41) is 9.06. The quantitative estimate of drug-likeness (QED) is 0.600. The summed E-state index contributed by atoms with van der Waals surface area (Å²) in [6.45, 7) is 4.86. The Morgan fingerprint density at radius 1 is 1.09 bits per heavy atom. The Hall–Kier alpha value is -3.46. The Morgan fingerprint density at radius 2 is 1.94 bits per heavy atom. The van der Waals surface area contributed by atoms with Crippen molar-refractivity contribution in [1.29, 1.82) is 0 Å². The summed E-state index contributed by atoms with van der Waals surface area (Å²) in [7, 11) is 0. The highest BCUT2D eigenvalue weighted by Gasteiger charge is 2.39. The van der Waals surface area contributed by atoms with Gasteiger partial charge < -0.3 is 20.4 Å². The Bertz CT molecular complexity index is 1050. The predicted octanol–water partition coefficient (Wildman–Crippen LogP) is 0.864. The van der Waals surface area contributed by atoms with Crippen LogP contribution in [-0.4, -0.2) is 59.8 Å². The molecule has 166 valence electrons. The van der Waals surface area contributed by atoms with Crippen LogP contribution in [0.1, 0.15) is 34.3 Å². The second-order valence-corrected chi connectivity index (χ2v) is 8.39. The minimum Gasteiger partial charge on any atom is -0.380 e. The van der Waals surface area contributed by atoms with Crippen LogP contribution < -0.4 is 20.9 Å². The Morgan fingerprint density at radius 3 is 2.69 bits per heavy atom. The number of amides is 3. The van der Waals surface area contributed by atoms with E-state index >= 15 is 0 Å². The first-order valence-electron chi connectivity index (χ1n) is 11.0. The fourth-order valence-electron chi connectivity index (χ4n) is 4.51. The number of piperazine rings is 1. The lowest BCUT2D eigenvalue weighted by Crippen LogP contribution is -2.52. The molecule has 2 aromatic rings. The Kier molecular flexibility index (Phi) is 5.48. The van der Waals surface area contributed by atoms with Crippen molar-refractivity contribution in [3.8, 4) is 0 Å². The highest BCUT2D eigenvalue weighted by Crippen LogP contribution is 2.28. The van der Waals surface area contributed by atoms with Crippen molar-refractivity contribution < 1.29 is 14.4 Å². The van der Waals surface area contributed by atoms with E-state index < -0.39 is 6.04 Å².